The number of nitrogens with zero attached hydrogens (tertiary/aromatic N) is 6. The lowest BCUT2D eigenvalue weighted by Gasteiger charge is -2.41. The number of aryl methyl sites for hydroxylation is 1. The minimum absolute atomic E-state index is 0.0707. The molecule has 1 aliphatic carbocycles. The Balaban J connectivity index is 1.18. The van der Waals surface area contributed by atoms with Gasteiger partial charge in [0.25, 0.3) is 5.91 Å². The highest BCUT2D eigenvalue weighted by atomic mass is 32.1. The number of aromatic nitrogens is 4. The van der Waals surface area contributed by atoms with Crippen LogP contribution in [0.25, 0.3) is 16.1 Å². The van der Waals surface area contributed by atoms with Crippen LogP contribution in [-0.2, 0) is 12.8 Å². The monoisotopic (exact) mass is 470 g/mol. The van der Waals surface area contributed by atoms with Crippen LogP contribution in [0, 0.1) is 0 Å². The fraction of sp³-hybridized carbons (Fsp3) is 0.308. The smallest absolute Gasteiger partial charge is 0.254 e. The van der Waals surface area contributed by atoms with Crippen LogP contribution in [0.4, 0.5) is 0 Å². The van der Waals surface area contributed by atoms with Crippen molar-refractivity contribution in [3.63, 3.8) is 0 Å². The number of thiophene rings is 1. The van der Waals surface area contributed by atoms with Gasteiger partial charge in [0.05, 0.1) is 5.69 Å². The van der Waals surface area contributed by atoms with Crippen molar-refractivity contribution in [2.24, 2.45) is 0 Å². The van der Waals surface area contributed by atoms with Gasteiger partial charge in [-0.1, -0.05) is 30.3 Å². The molecule has 0 saturated carbocycles. The van der Waals surface area contributed by atoms with Gasteiger partial charge in [-0.3, -0.25) is 9.69 Å². The summed E-state index contributed by atoms with van der Waals surface area (Å²) in [5.74, 6) is 0.0707. The maximum atomic E-state index is 13.5. The molecule has 1 aliphatic heterocycles. The molecule has 1 fully saturated rings. The van der Waals surface area contributed by atoms with Crippen LogP contribution in [0.5, 0.6) is 0 Å². The maximum Gasteiger partial charge on any atom is 0.254 e. The lowest BCUT2D eigenvalue weighted by molar-refractivity contribution is 0.0553. The van der Waals surface area contributed by atoms with Crippen LogP contribution in [0.1, 0.15) is 27.9 Å². The number of amides is 1. The highest BCUT2D eigenvalue weighted by Crippen LogP contribution is 2.29. The fourth-order valence-corrected chi connectivity index (χ4v) is 5.91. The van der Waals surface area contributed by atoms with E-state index in [-0.39, 0.29) is 5.91 Å². The predicted octanol–water partition coefficient (Wildman–Crippen LogP) is 3.71. The summed E-state index contributed by atoms with van der Waals surface area (Å²) in [7, 11) is 0. The van der Waals surface area contributed by atoms with E-state index in [4.69, 9.17) is 0 Å². The van der Waals surface area contributed by atoms with Gasteiger partial charge in [0, 0.05) is 42.7 Å². The second kappa shape index (κ2) is 9.12. The van der Waals surface area contributed by atoms with E-state index in [0.717, 1.165) is 55.1 Å². The summed E-state index contributed by atoms with van der Waals surface area (Å²) in [6, 6.07) is 19.4. The van der Waals surface area contributed by atoms with E-state index >= 15 is 0 Å². The van der Waals surface area contributed by atoms with Gasteiger partial charge in [0.1, 0.15) is 6.33 Å². The molecular formula is C26H26N6OS. The van der Waals surface area contributed by atoms with Gasteiger partial charge in [-0.2, -0.15) is 0 Å². The quantitative estimate of drug-likeness (QED) is 0.455. The number of benzene rings is 2. The molecule has 7 nitrogen and oxygen atoms in total. The number of piperazine rings is 1. The van der Waals surface area contributed by atoms with Crippen LogP contribution >= 0.6 is 11.3 Å². The lowest BCUT2D eigenvalue weighted by atomic mass is 9.87. The Morgan fingerprint density at radius 2 is 1.82 bits per heavy atom. The summed E-state index contributed by atoms with van der Waals surface area (Å²) in [6.07, 6.45) is 5.02. The predicted molar refractivity (Wildman–Crippen MR) is 132 cm³/mol. The summed E-state index contributed by atoms with van der Waals surface area (Å²) >= 11 is 1.66. The molecular weight excluding hydrogens is 444 g/mol. The Labute approximate surface area is 202 Å². The van der Waals surface area contributed by atoms with Crippen molar-refractivity contribution in [1.82, 2.24) is 30.0 Å². The zero-order chi connectivity index (χ0) is 22.9. The average Bonchev–Trinajstić information content (AvgIpc) is 3.63. The number of carbonyl (C=O) groups is 1. The summed E-state index contributed by atoms with van der Waals surface area (Å²) < 4.78 is 1.60. The van der Waals surface area contributed by atoms with Crippen LogP contribution < -0.4 is 0 Å². The van der Waals surface area contributed by atoms with Crippen molar-refractivity contribution >= 4 is 17.2 Å². The third-order valence-electron chi connectivity index (χ3n) is 7.02. The summed E-state index contributed by atoms with van der Waals surface area (Å²) in [5.41, 5.74) is 5.45. The van der Waals surface area contributed by atoms with Gasteiger partial charge in [-0.15, -0.1) is 16.4 Å². The second-order valence-electron chi connectivity index (χ2n) is 8.99. The first-order chi connectivity index (χ1) is 16.7. The van der Waals surface area contributed by atoms with Crippen molar-refractivity contribution in [1.29, 1.82) is 0 Å². The van der Waals surface area contributed by atoms with E-state index in [2.05, 4.69) is 50.8 Å². The molecule has 1 saturated heterocycles. The minimum atomic E-state index is 0.0707. The standard InChI is InChI=1S/C26H26N6OS/c33-26(22-14-21(25-6-3-13-34-25)16-24(17-22)32-18-27-28-29-32)31-11-9-30(10-12-31)23-8-7-19-4-1-2-5-20(19)15-23/h1-6,13-14,16-18,23H,7-12,15H2. The number of fused-ring (bicyclic) bond motifs is 1. The Morgan fingerprint density at radius 3 is 2.59 bits per heavy atom. The summed E-state index contributed by atoms with van der Waals surface area (Å²) in [5, 5.41) is 13.6. The van der Waals surface area contributed by atoms with E-state index in [9.17, 15) is 4.79 Å². The molecule has 3 heterocycles. The molecule has 1 unspecified atom stereocenters. The van der Waals surface area contributed by atoms with E-state index in [1.807, 2.05) is 34.5 Å². The van der Waals surface area contributed by atoms with Crippen molar-refractivity contribution in [2.45, 2.75) is 25.3 Å². The van der Waals surface area contributed by atoms with Crippen LogP contribution in [0.15, 0.2) is 66.3 Å². The number of rotatable bonds is 4. The van der Waals surface area contributed by atoms with E-state index < -0.39 is 0 Å². The Hall–Kier alpha value is -3.36. The highest BCUT2D eigenvalue weighted by Gasteiger charge is 2.29. The molecule has 2 aliphatic rings. The summed E-state index contributed by atoms with van der Waals surface area (Å²) in [4.78, 5) is 19.2. The normalized spacial score (nSPS) is 18.6. The highest BCUT2D eigenvalue weighted by molar-refractivity contribution is 7.13. The third kappa shape index (κ3) is 4.15. The Kier molecular flexibility index (Phi) is 5.68. The molecule has 0 spiro atoms. The molecule has 1 atom stereocenters. The van der Waals surface area contributed by atoms with Crippen molar-refractivity contribution in [3.05, 3.63) is 83.0 Å². The maximum absolute atomic E-state index is 13.5. The largest absolute Gasteiger partial charge is 0.336 e. The molecule has 0 radical (unpaired) electrons. The van der Waals surface area contributed by atoms with Gasteiger partial charge < -0.3 is 4.90 Å². The first-order valence-corrected chi connectivity index (χ1v) is 12.6. The summed E-state index contributed by atoms with van der Waals surface area (Å²) in [6.45, 7) is 3.34. The first kappa shape index (κ1) is 21.2. The molecule has 0 bridgehead atoms. The fourth-order valence-electron chi connectivity index (χ4n) is 5.19. The average molecular weight is 471 g/mol. The Morgan fingerprint density at radius 1 is 0.971 bits per heavy atom. The topological polar surface area (TPSA) is 67.2 Å². The van der Waals surface area contributed by atoms with Gasteiger partial charge >= 0.3 is 0 Å². The van der Waals surface area contributed by atoms with Crippen molar-refractivity contribution < 1.29 is 4.79 Å². The SMILES string of the molecule is O=C(c1cc(-c2cccs2)cc(-n2cnnn2)c1)N1CCN(C2CCc3ccccc3C2)CC1. The lowest BCUT2D eigenvalue weighted by Crippen LogP contribution is -2.53. The third-order valence-corrected chi connectivity index (χ3v) is 7.94. The first-order valence-electron chi connectivity index (χ1n) is 11.8. The van der Waals surface area contributed by atoms with E-state index in [1.165, 1.54) is 17.5 Å². The minimum Gasteiger partial charge on any atom is -0.336 e. The molecule has 6 rings (SSSR count). The van der Waals surface area contributed by atoms with Gasteiger partial charge in [0.2, 0.25) is 0 Å². The van der Waals surface area contributed by atoms with E-state index in [1.54, 1.807) is 22.3 Å². The van der Waals surface area contributed by atoms with Crippen LogP contribution in [-0.4, -0.2) is 68.1 Å². The zero-order valence-corrected chi connectivity index (χ0v) is 19.7. The van der Waals surface area contributed by atoms with E-state index in [0.29, 0.717) is 11.6 Å². The molecule has 1 amide bonds. The molecule has 2 aromatic heterocycles. The van der Waals surface area contributed by atoms with Gasteiger partial charge in [-0.25, -0.2) is 4.68 Å². The van der Waals surface area contributed by atoms with Gasteiger partial charge in [0.15, 0.2) is 0 Å². The number of hydrogen-bond acceptors (Lipinski definition) is 6. The molecule has 0 N–H and O–H groups in total. The number of hydrogen-bond donors (Lipinski definition) is 0. The second-order valence-corrected chi connectivity index (χ2v) is 9.94. The molecule has 4 aromatic rings. The van der Waals surface area contributed by atoms with Crippen molar-refractivity contribution in [3.8, 4) is 16.1 Å². The van der Waals surface area contributed by atoms with Gasteiger partial charge in [-0.05, 0) is 76.0 Å². The number of tetrazole rings is 1. The van der Waals surface area contributed by atoms with Crippen LogP contribution in [0.3, 0.4) is 0 Å². The zero-order valence-electron chi connectivity index (χ0n) is 18.9. The number of carbonyl (C=O) groups excluding carboxylic acids is 1. The van der Waals surface area contributed by atoms with Crippen LogP contribution in [0.2, 0.25) is 0 Å². The molecule has 2 aromatic carbocycles. The molecule has 8 heteroatoms. The Bertz CT molecular complexity index is 1230. The molecule has 172 valence electrons. The van der Waals surface area contributed by atoms with Crippen molar-refractivity contribution in [2.75, 3.05) is 26.2 Å². The molecule has 34 heavy (non-hydrogen) atoms.